The predicted molar refractivity (Wildman–Crippen MR) is 79.6 cm³/mol. The molecule has 6 nitrogen and oxygen atoms in total. The molecule has 0 saturated carbocycles. The van der Waals surface area contributed by atoms with Crippen molar-refractivity contribution in [2.24, 2.45) is 0 Å². The van der Waals surface area contributed by atoms with Crippen molar-refractivity contribution in [1.29, 1.82) is 5.26 Å². The number of rotatable bonds is 5. The molecule has 21 heavy (non-hydrogen) atoms. The van der Waals surface area contributed by atoms with Crippen LogP contribution in [-0.4, -0.2) is 21.5 Å². The van der Waals surface area contributed by atoms with E-state index in [9.17, 15) is 0 Å². The van der Waals surface area contributed by atoms with E-state index in [2.05, 4.69) is 26.3 Å². The van der Waals surface area contributed by atoms with Crippen molar-refractivity contribution in [1.82, 2.24) is 15.0 Å². The first kappa shape index (κ1) is 15.0. The molecule has 0 bridgehead atoms. The van der Waals surface area contributed by atoms with Crippen molar-refractivity contribution < 1.29 is 4.74 Å². The maximum absolute atomic E-state index is 8.93. The molecule has 0 aliphatic rings. The lowest BCUT2D eigenvalue weighted by atomic mass is 10.1. The smallest absolute Gasteiger partial charge is 0.328 e. The maximum Gasteiger partial charge on any atom is 0.328 e. The Bertz CT molecular complexity index is 684. The third-order valence-corrected chi connectivity index (χ3v) is 2.81. The van der Waals surface area contributed by atoms with Gasteiger partial charge in [0.05, 0.1) is 11.6 Å². The number of hydrogen-bond acceptors (Lipinski definition) is 6. The van der Waals surface area contributed by atoms with E-state index in [1.165, 1.54) is 0 Å². The van der Waals surface area contributed by atoms with Crippen molar-refractivity contribution in [3.05, 3.63) is 34.6 Å². The maximum atomic E-state index is 8.93. The van der Waals surface area contributed by atoms with Gasteiger partial charge in [-0.3, -0.25) is 0 Å². The molecule has 0 radical (unpaired) electrons. The summed E-state index contributed by atoms with van der Waals surface area (Å²) >= 11 is 5.86. The molecule has 2 aromatic rings. The SMILES string of the molecule is CCCNc1nc(Cl)nc(Oc2cc(C#N)ccc2C)n1. The second kappa shape index (κ2) is 6.86. The molecule has 0 aliphatic carbocycles. The van der Waals surface area contributed by atoms with E-state index >= 15 is 0 Å². The van der Waals surface area contributed by atoms with Gasteiger partial charge in [-0.1, -0.05) is 13.0 Å². The van der Waals surface area contributed by atoms with Gasteiger partial charge in [0.2, 0.25) is 11.2 Å². The van der Waals surface area contributed by atoms with E-state index in [-0.39, 0.29) is 11.3 Å². The summed E-state index contributed by atoms with van der Waals surface area (Å²) in [5, 5.41) is 12.0. The van der Waals surface area contributed by atoms with Gasteiger partial charge in [-0.05, 0) is 42.6 Å². The molecule has 1 aromatic carbocycles. The topological polar surface area (TPSA) is 83.7 Å². The average Bonchev–Trinajstić information content (AvgIpc) is 2.47. The standard InChI is InChI=1S/C14H14ClN5O/c1-3-6-17-13-18-12(15)19-14(20-13)21-11-7-10(8-16)5-4-9(11)2/h4-5,7H,3,6H2,1-2H3,(H,17,18,19,20). The fourth-order valence-corrected chi connectivity index (χ4v) is 1.72. The molecule has 0 spiro atoms. The first-order valence-electron chi connectivity index (χ1n) is 6.46. The van der Waals surface area contributed by atoms with Crippen LogP contribution >= 0.6 is 11.6 Å². The number of nitrogens with zero attached hydrogens (tertiary/aromatic N) is 4. The minimum absolute atomic E-state index is 0.0488. The van der Waals surface area contributed by atoms with Gasteiger partial charge in [0, 0.05) is 6.54 Å². The number of aryl methyl sites for hydroxylation is 1. The molecule has 0 aliphatic heterocycles. The summed E-state index contributed by atoms with van der Waals surface area (Å²) in [4.78, 5) is 12.0. The molecule has 108 valence electrons. The number of benzene rings is 1. The van der Waals surface area contributed by atoms with Crippen molar-refractivity contribution in [3.8, 4) is 17.8 Å². The Morgan fingerprint density at radius 3 is 2.86 bits per heavy atom. The zero-order chi connectivity index (χ0) is 15.2. The predicted octanol–water partition coefficient (Wildman–Crippen LogP) is 3.32. The van der Waals surface area contributed by atoms with Crippen molar-refractivity contribution >= 4 is 17.5 Å². The largest absolute Gasteiger partial charge is 0.424 e. The fourth-order valence-electron chi connectivity index (χ4n) is 1.57. The molecule has 0 unspecified atom stereocenters. The van der Waals surface area contributed by atoms with E-state index in [0.29, 0.717) is 17.3 Å². The molecule has 1 N–H and O–H groups in total. The highest BCUT2D eigenvalue weighted by molar-refractivity contribution is 6.28. The highest BCUT2D eigenvalue weighted by atomic mass is 35.5. The van der Waals surface area contributed by atoms with Crippen LogP contribution in [0.5, 0.6) is 11.8 Å². The third kappa shape index (κ3) is 4.04. The number of nitriles is 1. The van der Waals surface area contributed by atoms with Crippen LogP contribution in [0.15, 0.2) is 18.2 Å². The Hall–Kier alpha value is -2.39. The van der Waals surface area contributed by atoms with Crippen molar-refractivity contribution in [2.75, 3.05) is 11.9 Å². The first-order valence-corrected chi connectivity index (χ1v) is 6.84. The second-order valence-corrected chi connectivity index (χ2v) is 4.67. The number of hydrogen-bond donors (Lipinski definition) is 1. The number of aromatic nitrogens is 3. The van der Waals surface area contributed by atoms with E-state index in [1.54, 1.807) is 18.2 Å². The summed E-state index contributed by atoms with van der Waals surface area (Å²) in [7, 11) is 0. The van der Waals surface area contributed by atoms with E-state index in [1.807, 2.05) is 13.8 Å². The summed E-state index contributed by atoms with van der Waals surface area (Å²) in [6.07, 6.45) is 0.933. The number of anilines is 1. The Balaban J connectivity index is 2.27. The Kier molecular flexibility index (Phi) is 4.90. The Morgan fingerprint density at radius 2 is 2.14 bits per heavy atom. The van der Waals surface area contributed by atoms with Gasteiger partial charge < -0.3 is 10.1 Å². The van der Waals surface area contributed by atoms with Crippen LogP contribution in [-0.2, 0) is 0 Å². The van der Waals surface area contributed by atoms with E-state index < -0.39 is 0 Å². The molecule has 0 fully saturated rings. The van der Waals surface area contributed by atoms with Gasteiger partial charge in [0.25, 0.3) is 0 Å². The summed E-state index contributed by atoms with van der Waals surface area (Å²) in [6, 6.07) is 7.30. The zero-order valence-electron chi connectivity index (χ0n) is 11.7. The Morgan fingerprint density at radius 1 is 1.33 bits per heavy atom. The summed E-state index contributed by atoms with van der Waals surface area (Å²) in [6.45, 7) is 4.63. The second-order valence-electron chi connectivity index (χ2n) is 4.33. The van der Waals surface area contributed by atoms with Crippen LogP contribution in [0, 0.1) is 18.3 Å². The zero-order valence-corrected chi connectivity index (χ0v) is 12.5. The van der Waals surface area contributed by atoms with Crippen LogP contribution in [0.4, 0.5) is 5.95 Å². The summed E-state index contributed by atoms with van der Waals surface area (Å²) in [5.74, 6) is 0.874. The van der Waals surface area contributed by atoms with Gasteiger partial charge in [-0.2, -0.15) is 20.2 Å². The molecule has 1 aromatic heterocycles. The minimum Gasteiger partial charge on any atom is -0.424 e. The molecular weight excluding hydrogens is 290 g/mol. The summed E-state index contributed by atoms with van der Waals surface area (Å²) in [5.41, 5.74) is 1.37. The molecule has 0 atom stereocenters. The number of nitrogens with one attached hydrogen (secondary N) is 1. The fraction of sp³-hybridized carbons (Fsp3) is 0.286. The van der Waals surface area contributed by atoms with Crippen LogP contribution in [0.3, 0.4) is 0 Å². The Labute approximate surface area is 127 Å². The van der Waals surface area contributed by atoms with Gasteiger partial charge in [0.15, 0.2) is 0 Å². The third-order valence-electron chi connectivity index (χ3n) is 2.64. The highest BCUT2D eigenvalue weighted by Gasteiger charge is 2.09. The van der Waals surface area contributed by atoms with E-state index in [4.69, 9.17) is 21.6 Å². The molecule has 7 heteroatoms. The molecule has 0 amide bonds. The monoisotopic (exact) mass is 303 g/mol. The van der Waals surface area contributed by atoms with Gasteiger partial charge in [-0.15, -0.1) is 0 Å². The van der Waals surface area contributed by atoms with Crippen LogP contribution in [0.2, 0.25) is 5.28 Å². The highest BCUT2D eigenvalue weighted by Crippen LogP contribution is 2.24. The van der Waals surface area contributed by atoms with Crippen LogP contribution < -0.4 is 10.1 Å². The molecule has 2 rings (SSSR count). The van der Waals surface area contributed by atoms with Gasteiger partial charge >= 0.3 is 6.01 Å². The minimum atomic E-state index is 0.0488. The number of ether oxygens (including phenoxy) is 1. The molecular formula is C14H14ClN5O. The van der Waals surface area contributed by atoms with Gasteiger partial charge in [0.1, 0.15) is 5.75 Å². The molecule has 1 heterocycles. The van der Waals surface area contributed by atoms with Crippen molar-refractivity contribution in [3.63, 3.8) is 0 Å². The lowest BCUT2D eigenvalue weighted by molar-refractivity contribution is 0.437. The first-order chi connectivity index (χ1) is 10.1. The lowest BCUT2D eigenvalue weighted by Gasteiger charge is -2.09. The normalized spacial score (nSPS) is 10.0. The van der Waals surface area contributed by atoms with E-state index in [0.717, 1.165) is 18.5 Å². The van der Waals surface area contributed by atoms with Gasteiger partial charge in [-0.25, -0.2) is 0 Å². The van der Waals surface area contributed by atoms with Crippen LogP contribution in [0.1, 0.15) is 24.5 Å². The van der Waals surface area contributed by atoms with Crippen LogP contribution in [0.25, 0.3) is 0 Å². The summed E-state index contributed by atoms with van der Waals surface area (Å²) < 4.78 is 5.62. The van der Waals surface area contributed by atoms with Crippen molar-refractivity contribution in [2.45, 2.75) is 20.3 Å². The quantitative estimate of drug-likeness (QED) is 0.912. The number of halogens is 1. The molecule has 0 saturated heterocycles. The lowest BCUT2D eigenvalue weighted by Crippen LogP contribution is -2.06. The average molecular weight is 304 g/mol.